The summed E-state index contributed by atoms with van der Waals surface area (Å²) in [5.41, 5.74) is 1.23. The fourth-order valence-corrected chi connectivity index (χ4v) is 4.72. The second kappa shape index (κ2) is 10.2. The van der Waals surface area contributed by atoms with Crippen molar-refractivity contribution in [2.24, 2.45) is 0 Å². The Morgan fingerprint density at radius 2 is 2.04 bits per heavy atom. The van der Waals surface area contributed by atoms with Crippen molar-refractivity contribution in [3.8, 4) is 0 Å². The topological polar surface area (TPSA) is 32.3 Å². The minimum Gasteiger partial charge on any atom is -0.354 e. The summed E-state index contributed by atoms with van der Waals surface area (Å²) >= 11 is 7.08. The van der Waals surface area contributed by atoms with Crippen LogP contribution in [0.1, 0.15) is 23.4 Å². The SMILES string of the molecule is CC(c1ccccc1)N(C)CC(=O)NCCSCc1ccc(Br)s1. The molecule has 0 aliphatic heterocycles. The van der Waals surface area contributed by atoms with Crippen molar-refractivity contribution in [3.63, 3.8) is 0 Å². The summed E-state index contributed by atoms with van der Waals surface area (Å²) < 4.78 is 1.17. The van der Waals surface area contributed by atoms with E-state index < -0.39 is 0 Å². The number of hydrogen-bond acceptors (Lipinski definition) is 4. The van der Waals surface area contributed by atoms with Gasteiger partial charge in [0.25, 0.3) is 0 Å². The van der Waals surface area contributed by atoms with Gasteiger partial charge in [-0.3, -0.25) is 9.69 Å². The molecular formula is C18H23BrN2OS2. The lowest BCUT2D eigenvalue weighted by Gasteiger charge is -2.24. The highest BCUT2D eigenvalue weighted by molar-refractivity contribution is 9.11. The summed E-state index contributed by atoms with van der Waals surface area (Å²) in [6.45, 7) is 3.25. The molecule has 3 nitrogen and oxygen atoms in total. The quantitative estimate of drug-likeness (QED) is 0.596. The van der Waals surface area contributed by atoms with Crippen LogP contribution >= 0.6 is 39.0 Å². The van der Waals surface area contributed by atoms with Crippen LogP contribution in [0, 0.1) is 0 Å². The monoisotopic (exact) mass is 426 g/mol. The highest BCUT2D eigenvalue weighted by Crippen LogP contribution is 2.25. The van der Waals surface area contributed by atoms with E-state index in [1.165, 1.54) is 14.2 Å². The first-order valence-electron chi connectivity index (χ1n) is 7.90. The second-order valence-electron chi connectivity index (χ2n) is 5.61. The molecule has 1 heterocycles. The van der Waals surface area contributed by atoms with Crippen molar-refractivity contribution in [1.82, 2.24) is 10.2 Å². The zero-order valence-electron chi connectivity index (χ0n) is 14.0. The molecule has 1 unspecified atom stereocenters. The Hall–Kier alpha value is -0.820. The Labute approximate surface area is 161 Å². The third-order valence-electron chi connectivity index (χ3n) is 3.78. The molecule has 0 aliphatic carbocycles. The number of benzene rings is 1. The minimum atomic E-state index is 0.0831. The largest absolute Gasteiger partial charge is 0.354 e. The molecule has 130 valence electrons. The van der Waals surface area contributed by atoms with E-state index in [4.69, 9.17) is 0 Å². The molecule has 0 radical (unpaired) electrons. The summed E-state index contributed by atoms with van der Waals surface area (Å²) in [7, 11) is 1.99. The van der Waals surface area contributed by atoms with Gasteiger partial charge in [0, 0.05) is 29.0 Å². The van der Waals surface area contributed by atoms with Gasteiger partial charge in [0.1, 0.15) is 0 Å². The van der Waals surface area contributed by atoms with E-state index in [9.17, 15) is 4.79 Å². The normalized spacial score (nSPS) is 12.3. The lowest BCUT2D eigenvalue weighted by Crippen LogP contribution is -2.37. The third kappa shape index (κ3) is 6.59. The number of hydrogen-bond donors (Lipinski definition) is 1. The van der Waals surface area contributed by atoms with Gasteiger partial charge < -0.3 is 5.32 Å². The predicted octanol–water partition coefficient (Wildman–Crippen LogP) is 4.55. The van der Waals surface area contributed by atoms with Gasteiger partial charge >= 0.3 is 0 Å². The van der Waals surface area contributed by atoms with Gasteiger partial charge in [-0.25, -0.2) is 0 Å². The van der Waals surface area contributed by atoms with E-state index in [0.29, 0.717) is 13.1 Å². The molecule has 0 fully saturated rings. The van der Waals surface area contributed by atoms with Crippen LogP contribution < -0.4 is 5.32 Å². The van der Waals surface area contributed by atoms with Crippen molar-refractivity contribution in [1.29, 1.82) is 0 Å². The van der Waals surface area contributed by atoms with Crippen LogP contribution in [0.3, 0.4) is 0 Å². The summed E-state index contributed by atoms with van der Waals surface area (Å²) in [4.78, 5) is 15.5. The molecule has 1 aromatic heterocycles. The van der Waals surface area contributed by atoms with Crippen molar-refractivity contribution in [2.75, 3.05) is 25.9 Å². The number of carbonyl (C=O) groups excluding carboxylic acids is 1. The molecule has 1 amide bonds. The maximum absolute atomic E-state index is 12.1. The first-order chi connectivity index (χ1) is 11.6. The lowest BCUT2D eigenvalue weighted by atomic mass is 10.1. The number of amides is 1. The van der Waals surface area contributed by atoms with Crippen LogP contribution in [0.25, 0.3) is 0 Å². The Morgan fingerprint density at radius 3 is 2.71 bits per heavy atom. The van der Waals surface area contributed by atoms with Crippen LogP contribution in [0.5, 0.6) is 0 Å². The molecule has 2 rings (SSSR count). The highest BCUT2D eigenvalue weighted by atomic mass is 79.9. The molecular weight excluding hydrogens is 404 g/mol. The summed E-state index contributed by atoms with van der Waals surface area (Å²) in [5.74, 6) is 2.01. The standard InChI is InChI=1S/C18H23BrN2OS2/c1-14(15-6-4-3-5-7-15)21(2)12-18(22)20-10-11-23-13-16-8-9-17(19)24-16/h3-9,14H,10-13H2,1-2H3,(H,20,22). The second-order valence-corrected chi connectivity index (χ2v) is 9.26. The van der Waals surface area contributed by atoms with Gasteiger partial charge in [0.2, 0.25) is 5.91 Å². The van der Waals surface area contributed by atoms with Gasteiger partial charge in [-0.1, -0.05) is 30.3 Å². The molecule has 2 aromatic rings. The first kappa shape index (κ1) is 19.5. The molecule has 0 saturated carbocycles. The van der Waals surface area contributed by atoms with Crippen LogP contribution in [0.15, 0.2) is 46.3 Å². The number of thioether (sulfide) groups is 1. The van der Waals surface area contributed by atoms with Crippen molar-refractivity contribution >= 4 is 44.9 Å². The lowest BCUT2D eigenvalue weighted by molar-refractivity contribution is -0.122. The minimum absolute atomic E-state index is 0.0831. The first-order valence-corrected chi connectivity index (χ1v) is 10.7. The molecule has 0 bridgehead atoms. The fourth-order valence-electron chi connectivity index (χ4n) is 2.27. The number of carbonyl (C=O) groups is 1. The third-order valence-corrected chi connectivity index (χ3v) is 6.59. The molecule has 0 spiro atoms. The molecule has 0 aliphatic rings. The molecule has 1 aromatic carbocycles. The Bertz CT molecular complexity index is 633. The van der Waals surface area contributed by atoms with E-state index >= 15 is 0 Å². The number of nitrogens with zero attached hydrogens (tertiary/aromatic N) is 1. The van der Waals surface area contributed by atoms with Crippen LogP contribution in [0.4, 0.5) is 0 Å². The Kier molecular flexibility index (Phi) is 8.32. The molecule has 24 heavy (non-hydrogen) atoms. The van der Waals surface area contributed by atoms with E-state index in [1.807, 2.05) is 37.0 Å². The molecule has 0 saturated heterocycles. The predicted molar refractivity (Wildman–Crippen MR) is 109 cm³/mol. The Morgan fingerprint density at radius 1 is 1.29 bits per heavy atom. The summed E-state index contributed by atoms with van der Waals surface area (Å²) in [6, 6.07) is 14.7. The van der Waals surface area contributed by atoms with E-state index in [2.05, 4.69) is 57.3 Å². The number of likely N-dealkylation sites (N-methyl/N-ethyl adjacent to an activating group) is 1. The maximum Gasteiger partial charge on any atom is 0.234 e. The maximum atomic E-state index is 12.1. The van der Waals surface area contributed by atoms with Crippen molar-refractivity contribution in [3.05, 3.63) is 56.7 Å². The average molecular weight is 427 g/mol. The smallest absolute Gasteiger partial charge is 0.234 e. The Balaban J connectivity index is 1.62. The summed E-state index contributed by atoms with van der Waals surface area (Å²) in [5, 5.41) is 3.00. The van der Waals surface area contributed by atoms with E-state index in [0.717, 1.165) is 11.5 Å². The number of thiophene rings is 1. The number of nitrogens with one attached hydrogen (secondary N) is 1. The van der Waals surface area contributed by atoms with Gasteiger partial charge in [0.15, 0.2) is 0 Å². The number of halogens is 1. The van der Waals surface area contributed by atoms with Crippen molar-refractivity contribution < 1.29 is 4.79 Å². The molecule has 1 atom stereocenters. The van der Waals surface area contributed by atoms with Gasteiger partial charge in [-0.05, 0) is 47.6 Å². The zero-order valence-corrected chi connectivity index (χ0v) is 17.2. The van der Waals surface area contributed by atoms with E-state index in [-0.39, 0.29) is 11.9 Å². The molecule has 1 N–H and O–H groups in total. The van der Waals surface area contributed by atoms with Crippen LogP contribution in [-0.4, -0.2) is 36.7 Å². The molecule has 6 heteroatoms. The van der Waals surface area contributed by atoms with Crippen molar-refractivity contribution in [2.45, 2.75) is 18.7 Å². The highest BCUT2D eigenvalue weighted by Gasteiger charge is 2.14. The van der Waals surface area contributed by atoms with Crippen LogP contribution in [-0.2, 0) is 10.5 Å². The average Bonchev–Trinajstić information content (AvgIpc) is 3.00. The van der Waals surface area contributed by atoms with Gasteiger partial charge in [-0.2, -0.15) is 11.8 Å². The zero-order chi connectivity index (χ0) is 17.4. The van der Waals surface area contributed by atoms with Gasteiger partial charge in [-0.15, -0.1) is 11.3 Å². The van der Waals surface area contributed by atoms with Gasteiger partial charge in [0.05, 0.1) is 10.3 Å². The van der Waals surface area contributed by atoms with Crippen LogP contribution in [0.2, 0.25) is 0 Å². The summed E-state index contributed by atoms with van der Waals surface area (Å²) in [6.07, 6.45) is 0. The van der Waals surface area contributed by atoms with E-state index in [1.54, 1.807) is 11.3 Å². The fraction of sp³-hybridized carbons (Fsp3) is 0.389. The number of rotatable bonds is 9.